The van der Waals surface area contributed by atoms with Gasteiger partial charge in [-0.1, -0.05) is 18.2 Å². The third kappa shape index (κ3) is 4.46. The lowest BCUT2D eigenvalue weighted by atomic mass is 10.1. The van der Waals surface area contributed by atoms with Crippen LogP contribution in [0.5, 0.6) is 0 Å². The number of hydrogen-bond donors (Lipinski definition) is 0. The topological polar surface area (TPSA) is 87.7 Å². The van der Waals surface area contributed by atoms with Crippen molar-refractivity contribution in [3.05, 3.63) is 69.3 Å². The van der Waals surface area contributed by atoms with E-state index in [0.717, 1.165) is 24.4 Å². The largest absolute Gasteiger partial charge is 0.453 e. The third-order valence-corrected chi connectivity index (χ3v) is 4.80. The summed E-state index contributed by atoms with van der Waals surface area (Å²) >= 11 is 0. The molecule has 0 radical (unpaired) electrons. The Balaban J connectivity index is 1.71. The Hall–Kier alpha value is -3.19. The standard InChI is InChI=1S/C22H23NO6/c1-14-11-17(15(2)23(14)9-6-10-27-3)19(24)13-28-21(25)18-12-16-7-4-5-8-20(16)29-22(18)26/h4-5,7-8,11-12H,6,9-10,13H2,1-3H3. The molecule has 0 amide bonds. The van der Waals surface area contributed by atoms with Crippen molar-refractivity contribution in [3.8, 4) is 0 Å². The van der Waals surface area contributed by atoms with E-state index in [-0.39, 0.29) is 11.3 Å². The second-order valence-electron chi connectivity index (χ2n) is 6.77. The maximum atomic E-state index is 12.6. The predicted molar refractivity (Wildman–Crippen MR) is 107 cm³/mol. The molecule has 0 aliphatic rings. The highest BCUT2D eigenvalue weighted by molar-refractivity contribution is 6.00. The van der Waals surface area contributed by atoms with Gasteiger partial charge in [-0.2, -0.15) is 0 Å². The molecule has 0 aliphatic carbocycles. The Morgan fingerprint density at radius 2 is 1.86 bits per heavy atom. The first-order valence-electron chi connectivity index (χ1n) is 9.31. The van der Waals surface area contributed by atoms with Crippen molar-refractivity contribution in [2.24, 2.45) is 0 Å². The summed E-state index contributed by atoms with van der Waals surface area (Å²) in [6.07, 6.45) is 0.827. The summed E-state index contributed by atoms with van der Waals surface area (Å²) in [4.78, 5) is 37.0. The number of aryl methyl sites for hydroxylation is 1. The van der Waals surface area contributed by atoms with Gasteiger partial charge < -0.3 is 18.5 Å². The molecule has 0 saturated heterocycles. The smallest absolute Gasteiger partial charge is 0.351 e. The van der Waals surface area contributed by atoms with Crippen LogP contribution in [0.15, 0.2) is 45.6 Å². The van der Waals surface area contributed by atoms with Gasteiger partial charge in [-0.25, -0.2) is 9.59 Å². The molecule has 3 aromatic rings. The van der Waals surface area contributed by atoms with Gasteiger partial charge in [-0.05, 0) is 38.5 Å². The zero-order chi connectivity index (χ0) is 21.0. The molecular weight excluding hydrogens is 374 g/mol. The van der Waals surface area contributed by atoms with Gasteiger partial charge in [0.15, 0.2) is 6.61 Å². The fourth-order valence-electron chi connectivity index (χ4n) is 3.29. The van der Waals surface area contributed by atoms with Crippen LogP contribution in [0.2, 0.25) is 0 Å². The molecule has 2 aromatic heterocycles. The first-order chi connectivity index (χ1) is 13.9. The van der Waals surface area contributed by atoms with Crippen molar-refractivity contribution in [2.75, 3.05) is 20.3 Å². The van der Waals surface area contributed by atoms with E-state index in [4.69, 9.17) is 13.9 Å². The van der Waals surface area contributed by atoms with E-state index in [0.29, 0.717) is 23.1 Å². The van der Waals surface area contributed by atoms with Crippen LogP contribution < -0.4 is 5.63 Å². The van der Waals surface area contributed by atoms with Crippen LogP contribution in [-0.2, 0) is 16.0 Å². The van der Waals surface area contributed by atoms with Crippen LogP contribution >= 0.6 is 0 Å². The number of methoxy groups -OCH3 is 1. The van der Waals surface area contributed by atoms with Crippen LogP contribution in [0.3, 0.4) is 0 Å². The fourth-order valence-corrected chi connectivity index (χ4v) is 3.29. The number of ether oxygens (including phenoxy) is 2. The molecule has 7 nitrogen and oxygen atoms in total. The Morgan fingerprint density at radius 3 is 2.62 bits per heavy atom. The molecule has 0 fully saturated rings. The van der Waals surface area contributed by atoms with Crippen LogP contribution in [0.1, 0.15) is 38.5 Å². The Bertz CT molecular complexity index is 1110. The molecule has 0 atom stereocenters. The maximum Gasteiger partial charge on any atom is 0.351 e. The molecule has 0 N–H and O–H groups in total. The third-order valence-electron chi connectivity index (χ3n) is 4.80. The molecule has 1 aromatic carbocycles. The summed E-state index contributed by atoms with van der Waals surface area (Å²) in [5.41, 5.74) is 1.61. The summed E-state index contributed by atoms with van der Waals surface area (Å²) in [6.45, 7) is 4.69. The van der Waals surface area contributed by atoms with Crippen molar-refractivity contribution in [1.29, 1.82) is 0 Å². The molecule has 3 rings (SSSR count). The molecular formula is C22H23NO6. The van der Waals surface area contributed by atoms with Gasteiger partial charge in [-0.3, -0.25) is 4.79 Å². The Kier molecular flexibility index (Phi) is 6.29. The number of esters is 1. The molecule has 0 aliphatic heterocycles. The first-order valence-corrected chi connectivity index (χ1v) is 9.31. The number of aromatic nitrogens is 1. The highest BCUT2D eigenvalue weighted by Crippen LogP contribution is 2.17. The number of fused-ring (bicyclic) bond motifs is 1. The molecule has 0 saturated carbocycles. The predicted octanol–water partition coefficient (Wildman–Crippen LogP) is 3.29. The average molecular weight is 397 g/mol. The number of nitrogens with zero attached hydrogens (tertiary/aromatic N) is 1. The summed E-state index contributed by atoms with van der Waals surface area (Å²) in [5.74, 6) is -1.21. The van der Waals surface area contributed by atoms with Gasteiger partial charge in [0, 0.05) is 42.6 Å². The summed E-state index contributed by atoms with van der Waals surface area (Å²) < 4.78 is 17.3. The average Bonchev–Trinajstić information content (AvgIpc) is 2.99. The van der Waals surface area contributed by atoms with Crippen molar-refractivity contribution in [2.45, 2.75) is 26.8 Å². The fraction of sp³-hybridized carbons (Fsp3) is 0.318. The Morgan fingerprint density at radius 1 is 1.10 bits per heavy atom. The van der Waals surface area contributed by atoms with Gasteiger partial charge in [0.05, 0.1) is 0 Å². The molecule has 2 heterocycles. The van der Waals surface area contributed by atoms with Gasteiger partial charge >= 0.3 is 11.6 Å². The lowest BCUT2D eigenvalue weighted by Gasteiger charge is -2.09. The number of ketones is 1. The minimum atomic E-state index is -0.883. The summed E-state index contributed by atoms with van der Waals surface area (Å²) in [5, 5.41) is 0.602. The van der Waals surface area contributed by atoms with Gasteiger partial charge in [0.1, 0.15) is 11.1 Å². The lowest BCUT2D eigenvalue weighted by molar-refractivity contribution is 0.0470. The van der Waals surface area contributed by atoms with E-state index >= 15 is 0 Å². The number of Topliss-reactive ketones (excluding diaryl/α,β-unsaturated/α-hetero) is 1. The van der Waals surface area contributed by atoms with Crippen molar-refractivity contribution in [3.63, 3.8) is 0 Å². The van der Waals surface area contributed by atoms with Crippen molar-refractivity contribution in [1.82, 2.24) is 4.57 Å². The first kappa shape index (κ1) is 20.5. The van der Waals surface area contributed by atoms with E-state index in [1.165, 1.54) is 6.07 Å². The monoisotopic (exact) mass is 397 g/mol. The minimum absolute atomic E-state index is 0.235. The zero-order valence-electron chi connectivity index (χ0n) is 16.7. The van der Waals surface area contributed by atoms with Crippen LogP contribution in [0.25, 0.3) is 11.0 Å². The van der Waals surface area contributed by atoms with E-state index in [9.17, 15) is 14.4 Å². The number of carbonyl (C=O) groups excluding carboxylic acids is 2. The van der Waals surface area contributed by atoms with Crippen LogP contribution in [0.4, 0.5) is 0 Å². The molecule has 0 unspecified atom stereocenters. The number of carbonyl (C=O) groups is 2. The minimum Gasteiger partial charge on any atom is -0.453 e. The number of rotatable bonds is 8. The van der Waals surface area contributed by atoms with Gasteiger partial charge in [0.25, 0.3) is 0 Å². The number of para-hydroxylation sites is 1. The quantitative estimate of drug-likeness (QED) is 0.251. The lowest BCUT2D eigenvalue weighted by Crippen LogP contribution is -2.20. The zero-order valence-corrected chi connectivity index (χ0v) is 16.7. The molecule has 29 heavy (non-hydrogen) atoms. The normalized spacial score (nSPS) is 11.0. The molecule has 7 heteroatoms. The highest BCUT2D eigenvalue weighted by atomic mass is 16.5. The summed E-state index contributed by atoms with van der Waals surface area (Å²) in [7, 11) is 1.65. The number of hydrogen-bond acceptors (Lipinski definition) is 6. The van der Waals surface area contributed by atoms with Gasteiger partial charge in [0.2, 0.25) is 5.78 Å². The second kappa shape index (κ2) is 8.87. The highest BCUT2D eigenvalue weighted by Gasteiger charge is 2.20. The van der Waals surface area contributed by atoms with Crippen LogP contribution in [0, 0.1) is 13.8 Å². The molecule has 152 valence electrons. The Labute approximate surface area is 167 Å². The van der Waals surface area contributed by atoms with E-state index in [1.54, 1.807) is 37.4 Å². The van der Waals surface area contributed by atoms with Crippen molar-refractivity contribution >= 4 is 22.7 Å². The summed E-state index contributed by atoms with van der Waals surface area (Å²) in [6, 6.07) is 10.0. The molecule has 0 spiro atoms. The van der Waals surface area contributed by atoms with E-state index in [2.05, 4.69) is 0 Å². The van der Waals surface area contributed by atoms with Gasteiger partial charge in [-0.15, -0.1) is 0 Å². The van der Waals surface area contributed by atoms with E-state index < -0.39 is 18.2 Å². The van der Waals surface area contributed by atoms with Crippen LogP contribution in [-0.4, -0.2) is 36.6 Å². The number of benzene rings is 1. The SMILES string of the molecule is COCCCn1c(C)cc(C(=O)COC(=O)c2cc3ccccc3oc2=O)c1C. The van der Waals surface area contributed by atoms with E-state index in [1.807, 2.05) is 18.4 Å². The molecule has 0 bridgehead atoms. The second-order valence-corrected chi connectivity index (χ2v) is 6.77. The van der Waals surface area contributed by atoms with Crippen molar-refractivity contribution < 1.29 is 23.5 Å². The maximum absolute atomic E-state index is 12.6.